The topological polar surface area (TPSA) is 36.4 Å². The lowest BCUT2D eigenvalue weighted by Gasteiger charge is -2.22. The van der Waals surface area contributed by atoms with Crippen molar-refractivity contribution in [2.45, 2.75) is 39.3 Å². The molecule has 1 aromatic rings. The fourth-order valence-corrected chi connectivity index (χ4v) is 2.43. The predicted molar refractivity (Wildman–Crippen MR) is 65.5 cm³/mol. The van der Waals surface area contributed by atoms with Gasteiger partial charge in [0.2, 0.25) is 0 Å². The van der Waals surface area contributed by atoms with Crippen LogP contribution in [0, 0.1) is 5.92 Å². The Bertz CT molecular complexity index is 347. The Morgan fingerprint density at radius 2 is 2.19 bits per heavy atom. The SMILES string of the molecule is CC1CC(C)N(c2ccc([C@@H](C)O)cn2)C1. The van der Waals surface area contributed by atoms with Crippen molar-refractivity contribution in [3.05, 3.63) is 23.9 Å². The third-order valence-corrected chi connectivity index (χ3v) is 3.33. The number of aliphatic hydroxyl groups is 1. The number of hydrogen-bond donors (Lipinski definition) is 1. The predicted octanol–water partition coefficient (Wildman–Crippen LogP) is 2.37. The molecule has 0 spiro atoms. The lowest BCUT2D eigenvalue weighted by atomic mass is 10.1. The second kappa shape index (κ2) is 4.42. The van der Waals surface area contributed by atoms with Gasteiger partial charge in [-0.2, -0.15) is 0 Å². The van der Waals surface area contributed by atoms with Crippen molar-refractivity contribution in [2.24, 2.45) is 5.92 Å². The van der Waals surface area contributed by atoms with Crippen LogP contribution < -0.4 is 4.90 Å². The van der Waals surface area contributed by atoms with E-state index >= 15 is 0 Å². The summed E-state index contributed by atoms with van der Waals surface area (Å²) >= 11 is 0. The van der Waals surface area contributed by atoms with Crippen LogP contribution >= 0.6 is 0 Å². The molecule has 1 aliphatic heterocycles. The van der Waals surface area contributed by atoms with Crippen LogP contribution in [-0.4, -0.2) is 22.7 Å². The monoisotopic (exact) mass is 220 g/mol. The molecule has 88 valence electrons. The van der Waals surface area contributed by atoms with Crippen molar-refractivity contribution in [1.29, 1.82) is 0 Å². The summed E-state index contributed by atoms with van der Waals surface area (Å²) in [5.74, 6) is 1.77. The van der Waals surface area contributed by atoms with Gasteiger partial charge in [0.25, 0.3) is 0 Å². The van der Waals surface area contributed by atoms with E-state index < -0.39 is 6.10 Å². The largest absolute Gasteiger partial charge is 0.389 e. The first kappa shape index (κ1) is 11.4. The molecule has 1 N–H and O–H groups in total. The molecule has 0 radical (unpaired) electrons. The van der Waals surface area contributed by atoms with Gasteiger partial charge in [0, 0.05) is 18.8 Å². The Labute approximate surface area is 97.1 Å². The minimum Gasteiger partial charge on any atom is -0.389 e. The maximum Gasteiger partial charge on any atom is 0.128 e. The number of hydrogen-bond acceptors (Lipinski definition) is 3. The van der Waals surface area contributed by atoms with Crippen molar-refractivity contribution in [1.82, 2.24) is 4.98 Å². The van der Waals surface area contributed by atoms with Crippen LogP contribution in [0.1, 0.15) is 38.9 Å². The third-order valence-electron chi connectivity index (χ3n) is 3.33. The van der Waals surface area contributed by atoms with Crippen LogP contribution in [0.2, 0.25) is 0 Å². The highest BCUT2D eigenvalue weighted by atomic mass is 16.3. The summed E-state index contributed by atoms with van der Waals surface area (Å²) in [5.41, 5.74) is 0.878. The molecule has 0 aromatic carbocycles. The number of nitrogens with zero attached hydrogens (tertiary/aromatic N) is 2. The summed E-state index contributed by atoms with van der Waals surface area (Å²) < 4.78 is 0. The average molecular weight is 220 g/mol. The Morgan fingerprint density at radius 3 is 2.62 bits per heavy atom. The summed E-state index contributed by atoms with van der Waals surface area (Å²) in [7, 11) is 0. The van der Waals surface area contributed by atoms with Crippen molar-refractivity contribution in [3.8, 4) is 0 Å². The van der Waals surface area contributed by atoms with Crippen LogP contribution in [-0.2, 0) is 0 Å². The van der Waals surface area contributed by atoms with E-state index in [1.807, 2.05) is 12.1 Å². The van der Waals surface area contributed by atoms with E-state index in [-0.39, 0.29) is 0 Å². The van der Waals surface area contributed by atoms with E-state index in [0.717, 1.165) is 23.8 Å². The summed E-state index contributed by atoms with van der Waals surface area (Å²) in [5, 5.41) is 9.42. The van der Waals surface area contributed by atoms with E-state index in [9.17, 15) is 5.11 Å². The summed E-state index contributed by atoms with van der Waals surface area (Å²) in [6.07, 6.45) is 2.58. The van der Waals surface area contributed by atoms with Crippen molar-refractivity contribution in [3.63, 3.8) is 0 Å². The molecule has 0 saturated carbocycles. The minimum atomic E-state index is -0.434. The number of pyridine rings is 1. The average Bonchev–Trinajstić information content (AvgIpc) is 2.58. The summed E-state index contributed by atoms with van der Waals surface area (Å²) in [6.45, 7) is 7.37. The molecule has 2 heterocycles. The fraction of sp³-hybridized carbons (Fsp3) is 0.615. The van der Waals surface area contributed by atoms with Gasteiger partial charge in [-0.3, -0.25) is 0 Å². The van der Waals surface area contributed by atoms with E-state index in [0.29, 0.717) is 6.04 Å². The first-order valence-electron chi connectivity index (χ1n) is 5.98. The molecule has 3 heteroatoms. The van der Waals surface area contributed by atoms with E-state index in [1.165, 1.54) is 6.42 Å². The molecule has 1 saturated heterocycles. The van der Waals surface area contributed by atoms with Gasteiger partial charge in [0.15, 0.2) is 0 Å². The van der Waals surface area contributed by atoms with Crippen molar-refractivity contribution < 1.29 is 5.11 Å². The number of aromatic nitrogens is 1. The molecule has 16 heavy (non-hydrogen) atoms. The Balaban J connectivity index is 2.15. The summed E-state index contributed by atoms with van der Waals surface area (Å²) in [6, 6.07) is 4.54. The van der Waals surface area contributed by atoms with Crippen molar-refractivity contribution in [2.75, 3.05) is 11.4 Å². The smallest absolute Gasteiger partial charge is 0.128 e. The molecule has 1 aliphatic rings. The van der Waals surface area contributed by atoms with Crippen LogP contribution in [0.4, 0.5) is 5.82 Å². The number of rotatable bonds is 2. The molecule has 0 aliphatic carbocycles. The van der Waals surface area contributed by atoms with Gasteiger partial charge < -0.3 is 10.0 Å². The second-order valence-electron chi connectivity index (χ2n) is 4.97. The van der Waals surface area contributed by atoms with Gasteiger partial charge in [-0.1, -0.05) is 13.0 Å². The minimum absolute atomic E-state index is 0.434. The van der Waals surface area contributed by atoms with E-state index in [2.05, 4.69) is 23.7 Å². The number of anilines is 1. The lowest BCUT2D eigenvalue weighted by molar-refractivity contribution is 0.199. The van der Waals surface area contributed by atoms with Gasteiger partial charge in [-0.05, 0) is 37.8 Å². The molecule has 3 atom stereocenters. The summed E-state index contributed by atoms with van der Waals surface area (Å²) in [4.78, 5) is 6.78. The van der Waals surface area contributed by atoms with Crippen LogP contribution in [0.25, 0.3) is 0 Å². The van der Waals surface area contributed by atoms with Crippen molar-refractivity contribution >= 4 is 5.82 Å². The maximum atomic E-state index is 9.42. The van der Waals surface area contributed by atoms with Gasteiger partial charge in [0.05, 0.1) is 6.10 Å². The molecule has 0 amide bonds. The quantitative estimate of drug-likeness (QED) is 0.831. The van der Waals surface area contributed by atoms with Gasteiger partial charge in [0.1, 0.15) is 5.82 Å². The normalized spacial score (nSPS) is 27.1. The van der Waals surface area contributed by atoms with Gasteiger partial charge in [-0.15, -0.1) is 0 Å². The standard InChI is InChI=1S/C13H20N2O/c1-9-6-10(2)15(8-9)13-5-4-12(7-14-13)11(3)16/h4-5,7,9-11,16H,6,8H2,1-3H3/t9?,10?,11-/m1/s1. The highest BCUT2D eigenvalue weighted by molar-refractivity contribution is 5.42. The first-order valence-corrected chi connectivity index (χ1v) is 5.98. The molecule has 3 nitrogen and oxygen atoms in total. The van der Waals surface area contributed by atoms with Gasteiger partial charge in [-0.25, -0.2) is 4.98 Å². The maximum absolute atomic E-state index is 9.42. The van der Waals surface area contributed by atoms with Crippen LogP contribution in [0.5, 0.6) is 0 Å². The highest BCUT2D eigenvalue weighted by Crippen LogP contribution is 2.27. The van der Waals surface area contributed by atoms with Crippen LogP contribution in [0.15, 0.2) is 18.3 Å². The first-order chi connectivity index (χ1) is 7.58. The molecular weight excluding hydrogens is 200 g/mol. The zero-order chi connectivity index (χ0) is 11.7. The molecule has 2 unspecified atom stereocenters. The molecule has 1 aromatic heterocycles. The Morgan fingerprint density at radius 1 is 1.44 bits per heavy atom. The zero-order valence-corrected chi connectivity index (χ0v) is 10.2. The van der Waals surface area contributed by atoms with Gasteiger partial charge >= 0.3 is 0 Å². The molecule has 0 bridgehead atoms. The molecule has 1 fully saturated rings. The van der Waals surface area contributed by atoms with Crippen LogP contribution in [0.3, 0.4) is 0 Å². The van der Waals surface area contributed by atoms with E-state index in [4.69, 9.17) is 0 Å². The fourth-order valence-electron chi connectivity index (χ4n) is 2.43. The second-order valence-corrected chi connectivity index (χ2v) is 4.97. The zero-order valence-electron chi connectivity index (χ0n) is 10.2. The lowest BCUT2D eigenvalue weighted by Crippen LogP contribution is -2.27. The highest BCUT2D eigenvalue weighted by Gasteiger charge is 2.26. The van der Waals surface area contributed by atoms with E-state index in [1.54, 1.807) is 13.1 Å². The Hall–Kier alpha value is -1.09. The molecule has 2 rings (SSSR count). The number of aliphatic hydroxyl groups excluding tert-OH is 1. The third kappa shape index (κ3) is 2.19. The molecular formula is C13H20N2O. The Kier molecular flexibility index (Phi) is 3.15.